The van der Waals surface area contributed by atoms with Crippen LogP contribution in [0, 0.1) is 24.1 Å². The number of carboxylic acids is 1. The molecule has 1 aromatic carbocycles. The zero-order valence-corrected chi connectivity index (χ0v) is 12.0. The molecule has 0 fully saturated rings. The van der Waals surface area contributed by atoms with Crippen molar-refractivity contribution in [3.8, 4) is 11.8 Å². The van der Waals surface area contributed by atoms with E-state index in [1.54, 1.807) is 6.07 Å². The van der Waals surface area contributed by atoms with E-state index in [-0.39, 0.29) is 15.7 Å². The number of hydrogen-bond donors (Lipinski definition) is 1. The summed E-state index contributed by atoms with van der Waals surface area (Å²) in [4.78, 5) is 23.2. The second-order valence-electron chi connectivity index (χ2n) is 4.81. The lowest BCUT2D eigenvalue weighted by atomic mass is 10.1. The SMILES string of the molecule is Cc1cc(C#N)cc(F)c1-n1c(C(F)(F)F)ccc(C(=O)O)c1=O. The monoisotopic (exact) mass is 340 g/mol. The van der Waals surface area contributed by atoms with Crippen LogP contribution < -0.4 is 5.56 Å². The fourth-order valence-electron chi connectivity index (χ4n) is 2.23. The van der Waals surface area contributed by atoms with Gasteiger partial charge in [0.1, 0.15) is 17.1 Å². The van der Waals surface area contributed by atoms with Crippen molar-refractivity contribution in [2.24, 2.45) is 0 Å². The number of nitriles is 1. The summed E-state index contributed by atoms with van der Waals surface area (Å²) in [7, 11) is 0. The minimum atomic E-state index is -5.02. The summed E-state index contributed by atoms with van der Waals surface area (Å²) in [5.41, 5.74) is -5.01. The summed E-state index contributed by atoms with van der Waals surface area (Å²) < 4.78 is 53.7. The van der Waals surface area contributed by atoms with Gasteiger partial charge in [-0.1, -0.05) is 0 Å². The van der Waals surface area contributed by atoms with Gasteiger partial charge in [-0.05, 0) is 36.8 Å². The molecule has 0 spiro atoms. The van der Waals surface area contributed by atoms with Gasteiger partial charge in [-0.15, -0.1) is 0 Å². The minimum Gasteiger partial charge on any atom is -0.477 e. The molecular weight excluding hydrogens is 332 g/mol. The molecular formula is C15H8F4N2O3. The molecule has 2 rings (SSSR count). The van der Waals surface area contributed by atoms with Gasteiger partial charge in [-0.2, -0.15) is 18.4 Å². The maximum atomic E-state index is 14.2. The van der Waals surface area contributed by atoms with Crippen molar-refractivity contribution < 1.29 is 27.5 Å². The molecule has 2 aromatic rings. The largest absolute Gasteiger partial charge is 0.477 e. The van der Waals surface area contributed by atoms with Crippen LogP contribution in [0.25, 0.3) is 5.69 Å². The quantitative estimate of drug-likeness (QED) is 0.852. The van der Waals surface area contributed by atoms with Crippen LogP contribution in [0.5, 0.6) is 0 Å². The highest BCUT2D eigenvalue weighted by Crippen LogP contribution is 2.31. The molecule has 0 aliphatic rings. The van der Waals surface area contributed by atoms with Crippen LogP contribution in [-0.2, 0) is 6.18 Å². The third-order valence-electron chi connectivity index (χ3n) is 3.21. The molecule has 124 valence electrons. The van der Waals surface area contributed by atoms with Gasteiger partial charge in [0.15, 0.2) is 0 Å². The average molecular weight is 340 g/mol. The molecule has 0 aliphatic heterocycles. The molecule has 0 radical (unpaired) electrons. The van der Waals surface area contributed by atoms with E-state index in [0.717, 1.165) is 6.07 Å². The standard InChI is InChI=1S/C15H8F4N2O3/c1-7-4-8(6-20)5-10(16)12(7)21-11(15(17,18)19)3-2-9(13(21)22)14(23)24/h2-5H,1H3,(H,23,24). The molecule has 0 aliphatic carbocycles. The van der Waals surface area contributed by atoms with Gasteiger partial charge in [0.2, 0.25) is 0 Å². The lowest BCUT2D eigenvalue weighted by Crippen LogP contribution is -2.31. The van der Waals surface area contributed by atoms with E-state index in [2.05, 4.69) is 0 Å². The highest BCUT2D eigenvalue weighted by atomic mass is 19.4. The second-order valence-corrected chi connectivity index (χ2v) is 4.81. The Hall–Kier alpha value is -3.15. The molecule has 9 heteroatoms. The molecule has 24 heavy (non-hydrogen) atoms. The number of pyridine rings is 1. The van der Waals surface area contributed by atoms with E-state index in [1.807, 2.05) is 0 Å². The van der Waals surface area contributed by atoms with Crippen molar-refractivity contribution in [3.63, 3.8) is 0 Å². The zero-order valence-electron chi connectivity index (χ0n) is 12.0. The highest BCUT2D eigenvalue weighted by Gasteiger charge is 2.36. The first-order chi connectivity index (χ1) is 11.1. The summed E-state index contributed by atoms with van der Waals surface area (Å²) in [5, 5.41) is 17.7. The number of aromatic carboxylic acids is 1. The van der Waals surface area contributed by atoms with Crippen molar-refractivity contribution in [2.75, 3.05) is 0 Å². The smallest absolute Gasteiger partial charge is 0.431 e. The van der Waals surface area contributed by atoms with E-state index in [4.69, 9.17) is 10.4 Å². The van der Waals surface area contributed by atoms with Gasteiger partial charge in [-0.25, -0.2) is 9.18 Å². The summed E-state index contributed by atoms with van der Waals surface area (Å²) in [6.45, 7) is 1.21. The first-order valence-corrected chi connectivity index (χ1v) is 6.35. The summed E-state index contributed by atoms with van der Waals surface area (Å²) in [6, 6.07) is 4.30. The van der Waals surface area contributed by atoms with Crippen LogP contribution in [0.15, 0.2) is 29.1 Å². The van der Waals surface area contributed by atoms with Gasteiger partial charge in [-0.3, -0.25) is 9.36 Å². The third-order valence-corrected chi connectivity index (χ3v) is 3.21. The van der Waals surface area contributed by atoms with Gasteiger partial charge in [0.25, 0.3) is 5.56 Å². The average Bonchev–Trinajstić information content (AvgIpc) is 2.46. The fraction of sp³-hybridized carbons (Fsp3) is 0.133. The Kier molecular flexibility index (Phi) is 4.16. The number of halogens is 4. The first-order valence-electron chi connectivity index (χ1n) is 6.35. The number of alkyl halides is 3. The highest BCUT2D eigenvalue weighted by molar-refractivity contribution is 5.87. The fourth-order valence-corrected chi connectivity index (χ4v) is 2.23. The Morgan fingerprint density at radius 1 is 1.29 bits per heavy atom. The van der Waals surface area contributed by atoms with Crippen LogP contribution in [0.1, 0.15) is 27.2 Å². The normalized spacial score (nSPS) is 11.2. The molecule has 5 nitrogen and oxygen atoms in total. The van der Waals surface area contributed by atoms with Gasteiger partial charge >= 0.3 is 12.1 Å². The second kappa shape index (κ2) is 5.81. The van der Waals surface area contributed by atoms with Crippen molar-refractivity contribution in [1.29, 1.82) is 5.26 Å². The Bertz CT molecular complexity index is 916. The van der Waals surface area contributed by atoms with E-state index in [1.165, 1.54) is 6.92 Å². The number of benzene rings is 1. The van der Waals surface area contributed by atoms with Crippen molar-refractivity contribution in [3.05, 3.63) is 62.8 Å². The summed E-state index contributed by atoms with van der Waals surface area (Å²) in [6.07, 6.45) is -5.02. The van der Waals surface area contributed by atoms with Crippen LogP contribution in [0.2, 0.25) is 0 Å². The Labute approximate surface area is 132 Å². The van der Waals surface area contributed by atoms with Crippen molar-refractivity contribution in [1.82, 2.24) is 4.57 Å². The Morgan fingerprint density at radius 3 is 2.38 bits per heavy atom. The Balaban J connectivity index is 2.98. The molecule has 0 atom stereocenters. The van der Waals surface area contributed by atoms with E-state index >= 15 is 0 Å². The molecule has 1 aromatic heterocycles. The number of aromatic nitrogens is 1. The van der Waals surface area contributed by atoms with Crippen molar-refractivity contribution in [2.45, 2.75) is 13.1 Å². The van der Waals surface area contributed by atoms with Gasteiger partial charge in [0.05, 0.1) is 17.3 Å². The zero-order chi connectivity index (χ0) is 18.2. The molecule has 0 bridgehead atoms. The molecule has 0 saturated heterocycles. The number of carboxylic acid groups (broad SMARTS) is 1. The van der Waals surface area contributed by atoms with Gasteiger partial charge in [0, 0.05) is 0 Å². The predicted molar refractivity (Wildman–Crippen MR) is 73.4 cm³/mol. The van der Waals surface area contributed by atoms with Crippen LogP contribution in [0.4, 0.5) is 17.6 Å². The predicted octanol–water partition coefficient (Wildman–Crippen LogP) is 2.87. The van der Waals surface area contributed by atoms with E-state index in [9.17, 15) is 27.2 Å². The Morgan fingerprint density at radius 2 is 1.92 bits per heavy atom. The number of carbonyl (C=O) groups is 1. The molecule has 1 N–H and O–H groups in total. The molecule has 0 saturated carbocycles. The number of rotatable bonds is 2. The topological polar surface area (TPSA) is 83.1 Å². The molecule has 0 amide bonds. The number of hydrogen-bond acceptors (Lipinski definition) is 3. The minimum absolute atomic E-state index is 0.0325. The summed E-state index contributed by atoms with van der Waals surface area (Å²) in [5.74, 6) is -2.99. The maximum absolute atomic E-state index is 14.2. The van der Waals surface area contributed by atoms with Crippen LogP contribution >= 0.6 is 0 Å². The molecule has 1 heterocycles. The van der Waals surface area contributed by atoms with E-state index < -0.39 is 40.5 Å². The van der Waals surface area contributed by atoms with Crippen LogP contribution in [0.3, 0.4) is 0 Å². The first kappa shape index (κ1) is 17.2. The third kappa shape index (κ3) is 2.86. The van der Waals surface area contributed by atoms with Crippen molar-refractivity contribution >= 4 is 5.97 Å². The maximum Gasteiger partial charge on any atom is 0.431 e. The lowest BCUT2D eigenvalue weighted by Gasteiger charge is -2.18. The van der Waals surface area contributed by atoms with Gasteiger partial charge < -0.3 is 5.11 Å². The molecule has 0 unspecified atom stereocenters. The van der Waals surface area contributed by atoms with Crippen LogP contribution in [-0.4, -0.2) is 15.6 Å². The van der Waals surface area contributed by atoms with E-state index in [0.29, 0.717) is 18.2 Å². The number of nitrogens with zero attached hydrogens (tertiary/aromatic N) is 2. The number of aryl methyl sites for hydroxylation is 1. The lowest BCUT2D eigenvalue weighted by molar-refractivity contribution is -0.143. The summed E-state index contributed by atoms with van der Waals surface area (Å²) >= 11 is 0.